The molecule has 3 aromatic rings. The lowest BCUT2D eigenvalue weighted by atomic mass is 10.2. The van der Waals surface area contributed by atoms with Gasteiger partial charge in [0.1, 0.15) is 5.02 Å². The van der Waals surface area contributed by atoms with E-state index in [2.05, 4.69) is 10.4 Å². The largest absolute Gasteiger partial charge is 0.322 e. The van der Waals surface area contributed by atoms with Crippen molar-refractivity contribution in [1.82, 2.24) is 9.78 Å². The third-order valence-corrected chi connectivity index (χ3v) is 4.10. The van der Waals surface area contributed by atoms with E-state index < -0.39 is 4.92 Å². The normalized spacial score (nSPS) is 10.2. The molecule has 2 aromatic carbocycles. The number of nitrogens with zero attached hydrogens (tertiary/aromatic N) is 3. The fourth-order valence-corrected chi connectivity index (χ4v) is 2.76. The van der Waals surface area contributed by atoms with E-state index in [1.165, 1.54) is 18.2 Å². The number of carbonyl (C=O) groups is 1. The number of nitro groups is 1. The van der Waals surface area contributed by atoms with Gasteiger partial charge in [0, 0.05) is 23.0 Å². The van der Waals surface area contributed by atoms with E-state index in [-0.39, 0.29) is 29.0 Å². The maximum Gasteiger partial charge on any atom is 0.289 e. The number of nitro benzene ring substituents is 1. The van der Waals surface area contributed by atoms with Crippen molar-refractivity contribution in [3.8, 4) is 5.69 Å². The molecular formula is C18H16Cl2N4O3. The average Bonchev–Trinajstić information content (AvgIpc) is 2.94. The molecule has 0 aliphatic heterocycles. The van der Waals surface area contributed by atoms with Crippen LogP contribution in [0.4, 0.5) is 11.4 Å². The number of rotatable bonds is 4. The highest BCUT2D eigenvalue weighted by molar-refractivity contribution is 6.32. The minimum absolute atomic E-state index is 0. The predicted molar refractivity (Wildman–Crippen MR) is 106 cm³/mol. The van der Waals surface area contributed by atoms with Gasteiger partial charge in [0.25, 0.3) is 11.6 Å². The Morgan fingerprint density at radius 1 is 1.15 bits per heavy atom. The van der Waals surface area contributed by atoms with Gasteiger partial charge in [0.2, 0.25) is 0 Å². The zero-order valence-electron chi connectivity index (χ0n) is 14.5. The van der Waals surface area contributed by atoms with E-state index in [1.807, 2.05) is 19.9 Å². The number of nitrogens with one attached hydrogen (secondary N) is 1. The molecule has 140 valence electrons. The van der Waals surface area contributed by atoms with Crippen molar-refractivity contribution >= 4 is 41.3 Å². The molecule has 1 amide bonds. The summed E-state index contributed by atoms with van der Waals surface area (Å²) in [4.78, 5) is 22.7. The molecule has 0 aliphatic carbocycles. The van der Waals surface area contributed by atoms with Gasteiger partial charge in [0.15, 0.2) is 0 Å². The molecule has 0 fully saturated rings. The maximum atomic E-state index is 12.4. The number of benzene rings is 2. The fraction of sp³-hybridized carbons (Fsp3) is 0.111. The molecule has 27 heavy (non-hydrogen) atoms. The smallest absolute Gasteiger partial charge is 0.289 e. The molecule has 0 aliphatic rings. The highest BCUT2D eigenvalue weighted by Gasteiger charge is 2.14. The van der Waals surface area contributed by atoms with Crippen LogP contribution < -0.4 is 5.32 Å². The second-order valence-corrected chi connectivity index (χ2v) is 6.17. The summed E-state index contributed by atoms with van der Waals surface area (Å²) < 4.78 is 1.79. The lowest BCUT2D eigenvalue weighted by Gasteiger charge is -2.08. The third-order valence-electron chi connectivity index (χ3n) is 3.78. The highest BCUT2D eigenvalue weighted by atomic mass is 35.5. The lowest BCUT2D eigenvalue weighted by Crippen LogP contribution is -2.12. The van der Waals surface area contributed by atoms with Crippen molar-refractivity contribution in [1.29, 1.82) is 0 Å². The first-order chi connectivity index (χ1) is 12.3. The van der Waals surface area contributed by atoms with E-state index >= 15 is 0 Å². The number of aryl methyl sites for hydroxylation is 2. The summed E-state index contributed by atoms with van der Waals surface area (Å²) in [6.07, 6.45) is 0. The highest BCUT2D eigenvalue weighted by Crippen LogP contribution is 2.27. The first-order valence-corrected chi connectivity index (χ1v) is 8.12. The van der Waals surface area contributed by atoms with Gasteiger partial charge in [-0.15, -0.1) is 12.4 Å². The molecule has 0 unspecified atom stereocenters. The molecule has 1 heterocycles. The minimum atomic E-state index is -0.596. The summed E-state index contributed by atoms with van der Waals surface area (Å²) in [6, 6.07) is 13.0. The summed E-state index contributed by atoms with van der Waals surface area (Å²) >= 11 is 5.77. The van der Waals surface area contributed by atoms with Crippen LogP contribution in [0.1, 0.15) is 21.7 Å². The lowest BCUT2D eigenvalue weighted by molar-refractivity contribution is -0.384. The van der Waals surface area contributed by atoms with Gasteiger partial charge < -0.3 is 5.32 Å². The van der Waals surface area contributed by atoms with Crippen molar-refractivity contribution in [2.45, 2.75) is 13.8 Å². The van der Waals surface area contributed by atoms with Gasteiger partial charge in [-0.1, -0.05) is 11.6 Å². The predicted octanol–water partition coefficient (Wildman–Crippen LogP) is 4.72. The summed E-state index contributed by atoms with van der Waals surface area (Å²) in [6.45, 7) is 3.87. The van der Waals surface area contributed by atoms with Crippen LogP contribution in [0.25, 0.3) is 5.69 Å². The van der Waals surface area contributed by atoms with Gasteiger partial charge >= 0.3 is 0 Å². The molecule has 7 nitrogen and oxygen atoms in total. The van der Waals surface area contributed by atoms with Gasteiger partial charge in [0.05, 0.1) is 16.3 Å². The summed E-state index contributed by atoms with van der Waals surface area (Å²) in [5.41, 5.74) is 3.21. The average molecular weight is 407 g/mol. The summed E-state index contributed by atoms with van der Waals surface area (Å²) in [7, 11) is 0. The van der Waals surface area contributed by atoms with Gasteiger partial charge in [-0.2, -0.15) is 5.10 Å². The van der Waals surface area contributed by atoms with E-state index in [4.69, 9.17) is 11.6 Å². The number of halogens is 2. The number of hydrogen-bond donors (Lipinski definition) is 1. The van der Waals surface area contributed by atoms with Crippen LogP contribution in [0.15, 0.2) is 48.5 Å². The van der Waals surface area contributed by atoms with Crippen LogP contribution in [0.2, 0.25) is 5.02 Å². The molecule has 0 spiro atoms. The molecule has 0 atom stereocenters. The van der Waals surface area contributed by atoms with Crippen molar-refractivity contribution in [2.75, 3.05) is 5.32 Å². The molecule has 0 saturated carbocycles. The van der Waals surface area contributed by atoms with Crippen molar-refractivity contribution in [3.05, 3.63) is 80.6 Å². The number of aromatic nitrogens is 2. The first kappa shape index (κ1) is 20.4. The van der Waals surface area contributed by atoms with Gasteiger partial charge in [-0.25, -0.2) is 4.68 Å². The van der Waals surface area contributed by atoms with Gasteiger partial charge in [-0.3, -0.25) is 14.9 Å². The Labute approximate surface area is 166 Å². The van der Waals surface area contributed by atoms with Crippen molar-refractivity contribution in [2.24, 2.45) is 0 Å². The van der Waals surface area contributed by atoms with Crippen molar-refractivity contribution < 1.29 is 9.72 Å². The van der Waals surface area contributed by atoms with Crippen LogP contribution in [0, 0.1) is 24.0 Å². The summed E-state index contributed by atoms with van der Waals surface area (Å²) in [5.74, 6) is -0.374. The Balaban J connectivity index is 0.00000261. The van der Waals surface area contributed by atoms with Crippen LogP contribution in [-0.2, 0) is 0 Å². The van der Waals surface area contributed by atoms with E-state index in [0.29, 0.717) is 11.3 Å². The van der Waals surface area contributed by atoms with E-state index in [0.717, 1.165) is 17.1 Å². The number of amides is 1. The standard InChI is InChI=1S/C18H15ClN4O3.ClH/c1-11-9-12(2)22(21-11)15-6-3-13(4-7-15)18(24)20-14-5-8-16(19)17(10-14)23(25)26;/h3-10H,1-2H3,(H,20,24);1H. The quantitative estimate of drug-likeness (QED) is 0.500. The molecule has 0 radical (unpaired) electrons. The monoisotopic (exact) mass is 406 g/mol. The zero-order valence-corrected chi connectivity index (χ0v) is 16.0. The van der Waals surface area contributed by atoms with E-state index in [1.54, 1.807) is 28.9 Å². The Kier molecular flexibility index (Phi) is 6.20. The van der Waals surface area contributed by atoms with Crippen LogP contribution >= 0.6 is 24.0 Å². The molecular weight excluding hydrogens is 391 g/mol. The SMILES string of the molecule is Cc1cc(C)n(-c2ccc(C(=O)Nc3ccc(Cl)c([N+](=O)[O-])c3)cc2)n1.Cl. The van der Waals surface area contributed by atoms with E-state index in [9.17, 15) is 14.9 Å². The molecule has 3 rings (SSSR count). The van der Waals surface area contributed by atoms with Crippen LogP contribution in [0.5, 0.6) is 0 Å². The second kappa shape index (κ2) is 8.20. The number of hydrogen-bond acceptors (Lipinski definition) is 4. The Morgan fingerprint density at radius 3 is 2.37 bits per heavy atom. The Bertz CT molecular complexity index is 1000. The molecule has 9 heteroatoms. The van der Waals surface area contributed by atoms with Crippen LogP contribution in [-0.4, -0.2) is 20.6 Å². The first-order valence-electron chi connectivity index (χ1n) is 7.74. The van der Waals surface area contributed by atoms with Crippen LogP contribution in [0.3, 0.4) is 0 Å². The van der Waals surface area contributed by atoms with Gasteiger partial charge in [-0.05, 0) is 56.3 Å². The topological polar surface area (TPSA) is 90.1 Å². The Hall–Kier alpha value is -2.90. The second-order valence-electron chi connectivity index (χ2n) is 5.76. The third kappa shape index (κ3) is 4.45. The Morgan fingerprint density at radius 2 is 1.81 bits per heavy atom. The minimum Gasteiger partial charge on any atom is -0.322 e. The zero-order chi connectivity index (χ0) is 18.8. The molecule has 1 N–H and O–H groups in total. The van der Waals surface area contributed by atoms with Crippen molar-refractivity contribution in [3.63, 3.8) is 0 Å². The molecule has 0 bridgehead atoms. The summed E-state index contributed by atoms with van der Waals surface area (Å²) in [5, 5.41) is 18.0. The number of anilines is 1. The fourth-order valence-electron chi connectivity index (χ4n) is 2.58. The maximum absolute atomic E-state index is 12.4. The number of carbonyl (C=O) groups excluding carboxylic acids is 1. The molecule has 1 aromatic heterocycles. The molecule has 0 saturated heterocycles.